The van der Waals surface area contributed by atoms with Crippen LogP contribution in [0.4, 0.5) is 5.69 Å². The molecule has 106 valence electrons. The molecule has 0 N–H and O–H groups in total. The molecule has 0 aromatic heterocycles. The van der Waals surface area contributed by atoms with Gasteiger partial charge in [-0.1, -0.05) is 22.0 Å². The summed E-state index contributed by atoms with van der Waals surface area (Å²) in [4.78, 5) is 2.05. The van der Waals surface area contributed by atoms with E-state index in [4.69, 9.17) is 9.47 Å². The maximum absolute atomic E-state index is 5.68. The zero-order valence-electron chi connectivity index (χ0n) is 11.7. The van der Waals surface area contributed by atoms with Crippen molar-refractivity contribution in [1.29, 1.82) is 0 Å². The molecule has 2 aromatic rings. The number of benzene rings is 2. The third-order valence-electron chi connectivity index (χ3n) is 2.77. The van der Waals surface area contributed by atoms with Gasteiger partial charge in [0.25, 0.3) is 0 Å². The number of ether oxygens (including phenoxy) is 2. The summed E-state index contributed by atoms with van der Waals surface area (Å²) in [6, 6.07) is 15.8. The number of rotatable bonds is 6. The van der Waals surface area contributed by atoms with Gasteiger partial charge >= 0.3 is 0 Å². The van der Waals surface area contributed by atoms with Crippen molar-refractivity contribution in [1.82, 2.24) is 0 Å². The summed E-state index contributed by atoms with van der Waals surface area (Å²) in [7, 11) is 4.02. The van der Waals surface area contributed by atoms with Crippen molar-refractivity contribution in [3.63, 3.8) is 0 Å². The Morgan fingerprint density at radius 2 is 1.55 bits per heavy atom. The van der Waals surface area contributed by atoms with Gasteiger partial charge in [-0.2, -0.15) is 0 Å². The Morgan fingerprint density at radius 1 is 0.900 bits per heavy atom. The smallest absolute Gasteiger partial charge is 0.122 e. The zero-order chi connectivity index (χ0) is 14.4. The van der Waals surface area contributed by atoms with Gasteiger partial charge < -0.3 is 14.4 Å². The van der Waals surface area contributed by atoms with Crippen molar-refractivity contribution in [2.24, 2.45) is 0 Å². The van der Waals surface area contributed by atoms with Crippen LogP contribution in [0.2, 0.25) is 0 Å². The number of hydrogen-bond acceptors (Lipinski definition) is 3. The maximum Gasteiger partial charge on any atom is 0.122 e. The van der Waals surface area contributed by atoms with E-state index in [1.54, 1.807) is 0 Å². The van der Waals surface area contributed by atoms with Crippen molar-refractivity contribution in [2.45, 2.75) is 0 Å². The van der Waals surface area contributed by atoms with Gasteiger partial charge in [0, 0.05) is 30.3 Å². The molecule has 0 aliphatic rings. The number of anilines is 1. The Morgan fingerprint density at radius 3 is 2.20 bits per heavy atom. The molecule has 0 aliphatic heterocycles. The second kappa shape index (κ2) is 7.20. The van der Waals surface area contributed by atoms with Gasteiger partial charge in [0.1, 0.15) is 24.7 Å². The number of hydrogen-bond donors (Lipinski definition) is 0. The molecule has 0 atom stereocenters. The highest BCUT2D eigenvalue weighted by Crippen LogP contribution is 2.19. The zero-order valence-corrected chi connectivity index (χ0v) is 13.3. The van der Waals surface area contributed by atoms with Crippen LogP contribution in [-0.4, -0.2) is 27.3 Å². The second-order valence-corrected chi connectivity index (χ2v) is 5.46. The van der Waals surface area contributed by atoms with Gasteiger partial charge in [0.2, 0.25) is 0 Å². The van der Waals surface area contributed by atoms with Crippen molar-refractivity contribution >= 4 is 21.6 Å². The van der Waals surface area contributed by atoms with E-state index in [1.807, 2.05) is 67.5 Å². The molecule has 0 fully saturated rings. The van der Waals surface area contributed by atoms with Crippen molar-refractivity contribution in [3.05, 3.63) is 53.0 Å². The van der Waals surface area contributed by atoms with Crippen LogP contribution in [0.25, 0.3) is 0 Å². The molecule has 3 nitrogen and oxygen atoms in total. The van der Waals surface area contributed by atoms with E-state index < -0.39 is 0 Å². The van der Waals surface area contributed by atoms with Gasteiger partial charge in [-0.05, 0) is 36.4 Å². The molecule has 0 amide bonds. The highest BCUT2D eigenvalue weighted by Gasteiger charge is 1.99. The monoisotopic (exact) mass is 335 g/mol. The van der Waals surface area contributed by atoms with Crippen LogP contribution in [-0.2, 0) is 0 Å². The lowest BCUT2D eigenvalue weighted by atomic mass is 10.3. The van der Waals surface area contributed by atoms with Crippen molar-refractivity contribution in [3.8, 4) is 11.5 Å². The lowest BCUT2D eigenvalue weighted by molar-refractivity contribution is 0.217. The molecule has 4 heteroatoms. The Hall–Kier alpha value is -1.68. The van der Waals surface area contributed by atoms with E-state index in [0.29, 0.717) is 13.2 Å². The standard InChI is InChI=1S/C16H18BrNO2/c1-18(2)14-4-3-5-16(12-14)20-11-10-19-15-8-6-13(17)7-9-15/h3-9,12H,10-11H2,1-2H3. The van der Waals surface area contributed by atoms with Gasteiger partial charge in [-0.15, -0.1) is 0 Å². The highest BCUT2D eigenvalue weighted by atomic mass is 79.9. The fourth-order valence-electron chi connectivity index (χ4n) is 1.70. The first-order valence-electron chi connectivity index (χ1n) is 6.44. The van der Waals surface area contributed by atoms with Gasteiger partial charge in [-0.3, -0.25) is 0 Å². The summed E-state index contributed by atoms with van der Waals surface area (Å²) in [5.41, 5.74) is 1.12. The molecule has 20 heavy (non-hydrogen) atoms. The third kappa shape index (κ3) is 4.46. The van der Waals surface area contributed by atoms with Crippen LogP contribution in [0.3, 0.4) is 0 Å². The SMILES string of the molecule is CN(C)c1cccc(OCCOc2ccc(Br)cc2)c1. The van der Waals surface area contributed by atoms with Crippen LogP contribution in [0.15, 0.2) is 53.0 Å². The fraction of sp³-hybridized carbons (Fsp3) is 0.250. The molecule has 0 saturated carbocycles. The molecule has 2 rings (SSSR count). The molecule has 0 aliphatic carbocycles. The minimum atomic E-state index is 0.521. The van der Waals surface area contributed by atoms with E-state index in [9.17, 15) is 0 Å². The summed E-state index contributed by atoms with van der Waals surface area (Å²) < 4.78 is 12.3. The van der Waals surface area contributed by atoms with E-state index in [-0.39, 0.29) is 0 Å². The van der Waals surface area contributed by atoms with Gasteiger partial charge in [0.15, 0.2) is 0 Å². The normalized spacial score (nSPS) is 10.2. The molecule has 0 radical (unpaired) electrons. The maximum atomic E-state index is 5.68. The lowest BCUT2D eigenvalue weighted by Crippen LogP contribution is -2.10. The highest BCUT2D eigenvalue weighted by molar-refractivity contribution is 9.10. The van der Waals surface area contributed by atoms with E-state index >= 15 is 0 Å². The minimum absolute atomic E-state index is 0.521. The Kier molecular flexibility index (Phi) is 5.30. The summed E-state index contributed by atoms with van der Waals surface area (Å²) in [6.45, 7) is 1.04. The summed E-state index contributed by atoms with van der Waals surface area (Å²) in [6.07, 6.45) is 0. The molecule has 0 saturated heterocycles. The predicted octanol–water partition coefficient (Wildman–Crippen LogP) is 3.97. The molecule has 0 spiro atoms. The topological polar surface area (TPSA) is 21.7 Å². The van der Waals surface area contributed by atoms with Crippen LogP contribution in [0.5, 0.6) is 11.5 Å². The predicted molar refractivity (Wildman–Crippen MR) is 85.9 cm³/mol. The molecular weight excluding hydrogens is 318 g/mol. The average Bonchev–Trinajstić information content (AvgIpc) is 2.46. The molecule has 2 aromatic carbocycles. The van der Waals surface area contributed by atoms with E-state index in [0.717, 1.165) is 21.7 Å². The van der Waals surface area contributed by atoms with Gasteiger partial charge in [-0.25, -0.2) is 0 Å². The first-order valence-corrected chi connectivity index (χ1v) is 7.23. The number of nitrogens with zero attached hydrogens (tertiary/aromatic N) is 1. The third-order valence-corrected chi connectivity index (χ3v) is 3.30. The van der Waals surface area contributed by atoms with E-state index in [2.05, 4.69) is 15.9 Å². The average molecular weight is 336 g/mol. The largest absolute Gasteiger partial charge is 0.490 e. The van der Waals surface area contributed by atoms with Crippen LogP contribution >= 0.6 is 15.9 Å². The Balaban J connectivity index is 1.78. The molecule has 0 unspecified atom stereocenters. The molecule has 0 heterocycles. The van der Waals surface area contributed by atoms with Crippen LogP contribution < -0.4 is 14.4 Å². The van der Waals surface area contributed by atoms with Gasteiger partial charge in [0.05, 0.1) is 0 Å². The van der Waals surface area contributed by atoms with Crippen LogP contribution in [0, 0.1) is 0 Å². The summed E-state index contributed by atoms with van der Waals surface area (Å²) in [5, 5.41) is 0. The lowest BCUT2D eigenvalue weighted by Gasteiger charge is -2.14. The summed E-state index contributed by atoms with van der Waals surface area (Å²) >= 11 is 3.39. The second-order valence-electron chi connectivity index (χ2n) is 4.54. The fourth-order valence-corrected chi connectivity index (χ4v) is 1.97. The van der Waals surface area contributed by atoms with Crippen molar-refractivity contribution < 1.29 is 9.47 Å². The number of halogens is 1. The quantitative estimate of drug-likeness (QED) is 0.745. The Labute approximate surface area is 128 Å². The Bertz CT molecular complexity index is 540. The minimum Gasteiger partial charge on any atom is -0.490 e. The molecular formula is C16H18BrNO2. The summed E-state index contributed by atoms with van der Waals surface area (Å²) in [5.74, 6) is 1.70. The first kappa shape index (κ1) is 14.7. The van der Waals surface area contributed by atoms with Crippen LogP contribution in [0.1, 0.15) is 0 Å². The van der Waals surface area contributed by atoms with E-state index in [1.165, 1.54) is 0 Å². The molecule has 0 bridgehead atoms. The van der Waals surface area contributed by atoms with Crippen molar-refractivity contribution in [2.75, 3.05) is 32.2 Å². The first-order chi connectivity index (χ1) is 9.65.